The molecule has 0 bridgehead atoms. The van der Waals surface area contributed by atoms with Gasteiger partial charge in [0.1, 0.15) is 11.6 Å². The van der Waals surface area contributed by atoms with Crippen LogP contribution in [0.1, 0.15) is 40.5 Å². The number of para-hydroxylation sites is 1. The first-order chi connectivity index (χ1) is 11.7. The van der Waals surface area contributed by atoms with Crippen LogP contribution in [0.2, 0.25) is 0 Å². The van der Waals surface area contributed by atoms with E-state index in [2.05, 4.69) is 10.6 Å². The van der Waals surface area contributed by atoms with E-state index in [1.165, 1.54) is 0 Å². The van der Waals surface area contributed by atoms with E-state index < -0.39 is 29.6 Å². The number of rotatable bonds is 7. The van der Waals surface area contributed by atoms with Crippen molar-refractivity contribution in [2.45, 2.75) is 52.2 Å². The molecule has 25 heavy (non-hydrogen) atoms. The van der Waals surface area contributed by atoms with E-state index in [0.717, 1.165) is 0 Å². The molecule has 0 saturated carbocycles. The third-order valence-electron chi connectivity index (χ3n) is 2.99. The molecule has 0 spiro atoms. The SMILES string of the molecule is CCOC(=O)CC[C@@H](NC(=O)OC(C)(C)C)C(=O)Nc1ccccc1. The molecule has 2 N–H and O–H groups in total. The maximum absolute atomic E-state index is 12.5. The van der Waals surface area contributed by atoms with Crippen molar-refractivity contribution in [2.24, 2.45) is 0 Å². The quantitative estimate of drug-likeness (QED) is 0.738. The van der Waals surface area contributed by atoms with Crippen LogP contribution >= 0.6 is 0 Å². The van der Waals surface area contributed by atoms with Gasteiger partial charge in [0, 0.05) is 12.1 Å². The molecule has 7 heteroatoms. The summed E-state index contributed by atoms with van der Waals surface area (Å²) in [5.41, 5.74) is -0.0919. The van der Waals surface area contributed by atoms with Gasteiger partial charge in [0.15, 0.2) is 0 Å². The van der Waals surface area contributed by atoms with Gasteiger partial charge in [-0.1, -0.05) is 18.2 Å². The fraction of sp³-hybridized carbons (Fsp3) is 0.500. The van der Waals surface area contributed by atoms with Crippen LogP contribution in [0.25, 0.3) is 0 Å². The van der Waals surface area contributed by atoms with E-state index in [4.69, 9.17) is 9.47 Å². The summed E-state index contributed by atoms with van der Waals surface area (Å²) in [6.07, 6.45) is -0.600. The van der Waals surface area contributed by atoms with Gasteiger partial charge >= 0.3 is 12.1 Å². The van der Waals surface area contributed by atoms with Crippen LogP contribution in [-0.2, 0) is 19.1 Å². The monoisotopic (exact) mass is 350 g/mol. The number of hydrogen-bond acceptors (Lipinski definition) is 5. The molecule has 1 rings (SSSR count). The third-order valence-corrected chi connectivity index (χ3v) is 2.99. The average molecular weight is 350 g/mol. The minimum absolute atomic E-state index is 0.0104. The smallest absolute Gasteiger partial charge is 0.408 e. The second-order valence-corrected chi connectivity index (χ2v) is 6.40. The Morgan fingerprint density at radius 2 is 1.76 bits per heavy atom. The number of carbonyl (C=O) groups excluding carboxylic acids is 3. The summed E-state index contributed by atoms with van der Waals surface area (Å²) in [5, 5.41) is 5.21. The van der Waals surface area contributed by atoms with E-state index in [1.54, 1.807) is 52.0 Å². The molecule has 0 saturated heterocycles. The van der Waals surface area contributed by atoms with Crippen molar-refractivity contribution in [3.05, 3.63) is 30.3 Å². The summed E-state index contributed by atoms with van der Waals surface area (Å²) in [6.45, 7) is 7.15. The van der Waals surface area contributed by atoms with Crippen LogP contribution < -0.4 is 10.6 Å². The summed E-state index contributed by atoms with van der Waals surface area (Å²) < 4.78 is 10.0. The molecule has 0 aliphatic carbocycles. The zero-order valence-corrected chi connectivity index (χ0v) is 15.1. The van der Waals surface area contributed by atoms with Gasteiger partial charge in [-0.15, -0.1) is 0 Å². The van der Waals surface area contributed by atoms with Crippen LogP contribution in [0, 0.1) is 0 Å². The number of anilines is 1. The number of benzene rings is 1. The molecule has 0 aliphatic rings. The van der Waals surface area contributed by atoms with Crippen molar-refractivity contribution in [1.82, 2.24) is 5.32 Å². The van der Waals surface area contributed by atoms with Crippen molar-refractivity contribution in [1.29, 1.82) is 0 Å². The number of ether oxygens (including phenoxy) is 2. The molecule has 2 amide bonds. The standard InChI is InChI=1S/C18H26N2O5/c1-5-24-15(21)12-11-14(20-17(23)25-18(2,3)4)16(22)19-13-9-7-6-8-10-13/h6-10,14H,5,11-12H2,1-4H3,(H,19,22)(H,20,23)/t14-/m1/s1. The fourth-order valence-corrected chi connectivity index (χ4v) is 1.96. The van der Waals surface area contributed by atoms with E-state index in [0.29, 0.717) is 5.69 Å². The lowest BCUT2D eigenvalue weighted by Gasteiger charge is -2.23. The number of alkyl carbamates (subject to hydrolysis) is 1. The highest BCUT2D eigenvalue weighted by Gasteiger charge is 2.25. The van der Waals surface area contributed by atoms with Crippen LogP contribution in [0.3, 0.4) is 0 Å². The molecule has 0 fully saturated rings. The van der Waals surface area contributed by atoms with Gasteiger partial charge in [0.05, 0.1) is 6.61 Å². The van der Waals surface area contributed by atoms with Gasteiger partial charge in [0.2, 0.25) is 5.91 Å². The normalized spacial score (nSPS) is 12.0. The maximum Gasteiger partial charge on any atom is 0.408 e. The molecular weight excluding hydrogens is 324 g/mol. The number of carbonyl (C=O) groups is 3. The Labute approximate surface area is 148 Å². The van der Waals surface area contributed by atoms with Crippen molar-refractivity contribution in [3.63, 3.8) is 0 Å². The van der Waals surface area contributed by atoms with Gasteiger partial charge in [-0.05, 0) is 46.2 Å². The van der Waals surface area contributed by atoms with E-state index in [9.17, 15) is 14.4 Å². The highest BCUT2D eigenvalue weighted by atomic mass is 16.6. The highest BCUT2D eigenvalue weighted by Crippen LogP contribution is 2.10. The molecular formula is C18H26N2O5. The summed E-state index contributed by atoms with van der Waals surface area (Å²) >= 11 is 0. The molecule has 0 aliphatic heterocycles. The first-order valence-corrected chi connectivity index (χ1v) is 8.22. The molecule has 0 heterocycles. The minimum Gasteiger partial charge on any atom is -0.466 e. The number of hydrogen-bond donors (Lipinski definition) is 2. The number of amides is 2. The van der Waals surface area contributed by atoms with Crippen molar-refractivity contribution >= 4 is 23.7 Å². The maximum atomic E-state index is 12.5. The molecule has 1 atom stereocenters. The summed E-state index contributed by atoms with van der Waals surface area (Å²) in [6, 6.07) is 7.93. The molecule has 1 aromatic rings. The molecule has 0 radical (unpaired) electrons. The molecule has 1 aromatic carbocycles. The zero-order valence-electron chi connectivity index (χ0n) is 15.1. The number of esters is 1. The minimum atomic E-state index is -0.917. The Kier molecular flexibility index (Phi) is 7.91. The Morgan fingerprint density at radius 1 is 1.12 bits per heavy atom. The fourth-order valence-electron chi connectivity index (χ4n) is 1.96. The molecule has 0 unspecified atom stereocenters. The topological polar surface area (TPSA) is 93.7 Å². The van der Waals surface area contributed by atoms with Crippen molar-refractivity contribution in [2.75, 3.05) is 11.9 Å². The van der Waals surface area contributed by atoms with Crippen molar-refractivity contribution < 1.29 is 23.9 Å². The van der Waals surface area contributed by atoms with Crippen LogP contribution in [-0.4, -0.2) is 36.2 Å². The predicted octanol–water partition coefficient (Wildman–Crippen LogP) is 2.86. The van der Waals surface area contributed by atoms with Gasteiger partial charge in [0.25, 0.3) is 0 Å². The highest BCUT2D eigenvalue weighted by molar-refractivity contribution is 5.96. The number of nitrogens with one attached hydrogen (secondary N) is 2. The van der Waals surface area contributed by atoms with E-state index >= 15 is 0 Å². The molecule has 138 valence electrons. The van der Waals surface area contributed by atoms with Gasteiger partial charge < -0.3 is 20.1 Å². The molecule has 7 nitrogen and oxygen atoms in total. The van der Waals surface area contributed by atoms with Crippen LogP contribution in [0.4, 0.5) is 10.5 Å². The van der Waals surface area contributed by atoms with Crippen LogP contribution in [0.5, 0.6) is 0 Å². The predicted molar refractivity (Wildman–Crippen MR) is 94.1 cm³/mol. The van der Waals surface area contributed by atoms with Gasteiger partial charge in [-0.2, -0.15) is 0 Å². The zero-order chi connectivity index (χ0) is 18.9. The van der Waals surface area contributed by atoms with Crippen LogP contribution in [0.15, 0.2) is 30.3 Å². The first kappa shape index (κ1) is 20.5. The Morgan fingerprint density at radius 3 is 2.32 bits per heavy atom. The lowest BCUT2D eigenvalue weighted by molar-refractivity contribution is -0.143. The molecule has 0 aromatic heterocycles. The van der Waals surface area contributed by atoms with E-state index in [-0.39, 0.29) is 19.4 Å². The Balaban J connectivity index is 2.73. The largest absolute Gasteiger partial charge is 0.466 e. The van der Waals surface area contributed by atoms with Crippen molar-refractivity contribution in [3.8, 4) is 0 Å². The first-order valence-electron chi connectivity index (χ1n) is 8.22. The lowest BCUT2D eigenvalue weighted by atomic mass is 10.1. The lowest BCUT2D eigenvalue weighted by Crippen LogP contribution is -2.46. The van der Waals surface area contributed by atoms with Gasteiger partial charge in [-0.25, -0.2) is 4.79 Å². The second-order valence-electron chi connectivity index (χ2n) is 6.40. The summed E-state index contributed by atoms with van der Waals surface area (Å²) in [7, 11) is 0. The summed E-state index contributed by atoms with van der Waals surface area (Å²) in [4.78, 5) is 36.0. The Bertz CT molecular complexity index is 581. The Hall–Kier alpha value is -2.57. The van der Waals surface area contributed by atoms with E-state index in [1.807, 2.05) is 6.07 Å². The average Bonchev–Trinajstić information content (AvgIpc) is 2.50. The third kappa shape index (κ3) is 8.74. The second kappa shape index (κ2) is 9.66. The van der Waals surface area contributed by atoms with Gasteiger partial charge in [-0.3, -0.25) is 9.59 Å². The summed E-state index contributed by atoms with van der Waals surface area (Å²) in [5.74, 6) is -0.854.